The highest BCUT2D eigenvalue weighted by atomic mass is 16.7. The fourth-order valence-electron chi connectivity index (χ4n) is 3.66. The monoisotopic (exact) mass is 450 g/mol. The van der Waals surface area contributed by atoms with E-state index in [-0.39, 0.29) is 44.9 Å². The Morgan fingerprint density at radius 1 is 1.03 bits per heavy atom. The third-order valence-corrected chi connectivity index (χ3v) is 5.34. The molecule has 1 saturated heterocycles. The number of benzene rings is 2. The molecule has 0 radical (unpaired) electrons. The smallest absolute Gasteiger partial charge is 0.229 e. The van der Waals surface area contributed by atoms with Crippen LogP contribution in [-0.2, 0) is 4.74 Å². The van der Waals surface area contributed by atoms with Gasteiger partial charge in [-0.2, -0.15) is 0 Å². The minimum absolute atomic E-state index is 0.00412. The second-order valence-electron chi connectivity index (χ2n) is 7.24. The molecular formula is C21H22O11. The molecule has 1 aliphatic heterocycles. The van der Waals surface area contributed by atoms with Gasteiger partial charge in [-0.05, 0) is 18.2 Å². The summed E-state index contributed by atoms with van der Waals surface area (Å²) < 4.78 is 27.1. The molecule has 0 bridgehead atoms. The first-order valence-corrected chi connectivity index (χ1v) is 9.62. The lowest BCUT2D eigenvalue weighted by molar-refractivity contribution is -0.277. The first kappa shape index (κ1) is 22.1. The van der Waals surface area contributed by atoms with Crippen LogP contribution in [0.5, 0.6) is 23.0 Å². The van der Waals surface area contributed by atoms with E-state index >= 15 is 0 Å². The van der Waals surface area contributed by atoms with Crippen LogP contribution in [0.1, 0.15) is 0 Å². The number of aromatic hydroxyl groups is 1. The van der Waals surface area contributed by atoms with Crippen LogP contribution in [0, 0.1) is 0 Å². The molecule has 1 aliphatic rings. The largest absolute Gasteiger partial charge is 0.507 e. The second-order valence-corrected chi connectivity index (χ2v) is 7.24. The Balaban J connectivity index is 1.78. The molecule has 32 heavy (non-hydrogen) atoms. The van der Waals surface area contributed by atoms with Crippen molar-refractivity contribution in [3.8, 4) is 23.0 Å². The van der Waals surface area contributed by atoms with Crippen LogP contribution in [0.15, 0.2) is 33.5 Å². The molecule has 0 saturated carbocycles. The van der Waals surface area contributed by atoms with Crippen molar-refractivity contribution in [2.24, 2.45) is 0 Å². The first-order valence-electron chi connectivity index (χ1n) is 9.62. The molecule has 0 amide bonds. The summed E-state index contributed by atoms with van der Waals surface area (Å²) in [4.78, 5) is 13.1. The summed E-state index contributed by atoms with van der Waals surface area (Å²) in [5.41, 5.74) is -0.405. The van der Waals surface area contributed by atoms with E-state index in [2.05, 4.69) is 0 Å². The molecular weight excluding hydrogens is 428 g/mol. The van der Waals surface area contributed by atoms with E-state index in [1.807, 2.05) is 0 Å². The van der Waals surface area contributed by atoms with Crippen molar-refractivity contribution in [1.82, 2.24) is 0 Å². The Morgan fingerprint density at radius 2 is 1.78 bits per heavy atom. The zero-order valence-corrected chi connectivity index (χ0v) is 17.1. The highest BCUT2D eigenvalue weighted by molar-refractivity contribution is 5.97. The number of hydrogen-bond acceptors (Lipinski definition) is 11. The number of methoxy groups -OCH3 is 2. The lowest BCUT2D eigenvalue weighted by Crippen LogP contribution is -2.60. The molecule has 2 aromatic carbocycles. The normalized spacial score (nSPS) is 25.8. The van der Waals surface area contributed by atoms with E-state index in [9.17, 15) is 30.3 Å². The fourth-order valence-corrected chi connectivity index (χ4v) is 3.66. The number of phenols is 1. The van der Waals surface area contributed by atoms with Gasteiger partial charge < -0.3 is 48.9 Å². The Bertz CT molecular complexity index is 1200. The molecule has 11 nitrogen and oxygen atoms in total. The number of rotatable bonds is 5. The van der Waals surface area contributed by atoms with Crippen molar-refractivity contribution in [1.29, 1.82) is 0 Å². The van der Waals surface area contributed by atoms with Crippen molar-refractivity contribution in [2.45, 2.75) is 30.7 Å². The number of hydrogen-bond donors (Lipinski definition) is 5. The maximum absolute atomic E-state index is 13.1. The fraction of sp³-hybridized carbons (Fsp3) is 0.381. The summed E-state index contributed by atoms with van der Waals surface area (Å²) in [5.74, 6) is 0.0329. The van der Waals surface area contributed by atoms with Crippen molar-refractivity contribution < 1.29 is 48.9 Å². The molecule has 4 rings (SSSR count). The van der Waals surface area contributed by atoms with Crippen LogP contribution in [0.3, 0.4) is 0 Å². The van der Waals surface area contributed by atoms with Gasteiger partial charge in [-0.15, -0.1) is 0 Å². The summed E-state index contributed by atoms with van der Waals surface area (Å²) in [5, 5.41) is 49.6. The molecule has 5 N–H and O–H groups in total. The Kier molecular flexibility index (Phi) is 5.84. The average Bonchev–Trinajstić information content (AvgIpc) is 2.79. The molecule has 1 aromatic heterocycles. The molecule has 11 heteroatoms. The van der Waals surface area contributed by atoms with Crippen LogP contribution in [-0.4, -0.2) is 77.1 Å². The van der Waals surface area contributed by atoms with Gasteiger partial charge in [0.15, 0.2) is 11.3 Å². The number of phenolic OH excluding ortho intramolecular Hbond substituents is 1. The minimum Gasteiger partial charge on any atom is -0.507 e. The van der Waals surface area contributed by atoms with Gasteiger partial charge in [-0.3, -0.25) is 4.79 Å². The van der Waals surface area contributed by atoms with Gasteiger partial charge in [0, 0.05) is 6.07 Å². The van der Waals surface area contributed by atoms with Gasteiger partial charge in [-0.1, -0.05) is 0 Å². The van der Waals surface area contributed by atoms with E-state index in [1.54, 1.807) is 0 Å². The van der Waals surface area contributed by atoms with Crippen LogP contribution in [0.4, 0.5) is 0 Å². The topological polar surface area (TPSA) is 168 Å². The van der Waals surface area contributed by atoms with Gasteiger partial charge in [0.25, 0.3) is 0 Å². The number of aliphatic hydroxyl groups excluding tert-OH is 4. The van der Waals surface area contributed by atoms with E-state index in [4.69, 9.17) is 23.4 Å². The minimum atomic E-state index is -1.61. The van der Waals surface area contributed by atoms with Crippen LogP contribution < -0.4 is 19.6 Å². The van der Waals surface area contributed by atoms with Gasteiger partial charge in [0.2, 0.25) is 17.5 Å². The molecule has 0 spiro atoms. The Hall–Kier alpha value is -3.09. The SMILES string of the molecule is COc1cc(O)c2c(=O)c3cc(O[C@@H]4O[C@H](CO)[C@@H](O)[C@H](O)[C@H]4O)ccc3oc2c1OC. The van der Waals surface area contributed by atoms with Crippen LogP contribution in [0.2, 0.25) is 0 Å². The number of aliphatic hydroxyl groups is 4. The average molecular weight is 450 g/mol. The van der Waals surface area contributed by atoms with Crippen molar-refractivity contribution in [3.05, 3.63) is 34.5 Å². The number of ether oxygens (including phenoxy) is 4. The van der Waals surface area contributed by atoms with Gasteiger partial charge >= 0.3 is 0 Å². The molecule has 172 valence electrons. The van der Waals surface area contributed by atoms with Gasteiger partial charge in [-0.25, -0.2) is 0 Å². The third kappa shape index (κ3) is 3.49. The van der Waals surface area contributed by atoms with Crippen molar-refractivity contribution in [2.75, 3.05) is 20.8 Å². The van der Waals surface area contributed by atoms with Crippen LogP contribution >= 0.6 is 0 Å². The molecule has 0 aliphatic carbocycles. The Morgan fingerprint density at radius 3 is 2.44 bits per heavy atom. The third-order valence-electron chi connectivity index (χ3n) is 5.34. The quantitative estimate of drug-likeness (QED) is 0.328. The maximum Gasteiger partial charge on any atom is 0.229 e. The lowest BCUT2D eigenvalue weighted by Gasteiger charge is -2.39. The summed E-state index contributed by atoms with van der Waals surface area (Å²) in [7, 11) is 2.75. The van der Waals surface area contributed by atoms with Crippen molar-refractivity contribution >= 4 is 21.9 Å². The summed E-state index contributed by atoms with van der Waals surface area (Å²) in [6, 6.07) is 5.42. The highest BCUT2D eigenvalue weighted by Gasteiger charge is 2.44. The predicted molar refractivity (Wildman–Crippen MR) is 109 cm³/mol. The van der Waals surface area contributed by atoms with E-state index in [0.29, 0.717) is 0 Å². The molecule has 3 aromatic rings. The first-order chi connectivity index (χ1) is 15.3. The van der Waals surface area contributed by atoms with Gasteiger partial charge in [0.1, 0.15) is 46.9 Å². The molecule has 5 atom stereocenters. The van der Waals surface area contributed by atoms with Crippen molar-refractivity contribution in [3.63, 3.8) is 0 Å². The molecule has 1 fully saturated rings. The van der Waals surface area contributed by atoms with E-state index < -0.39 is 42.7 Å². The Labute approximate surface area is 180 Å². The summed E-state index contributed by atoms with van der Waals surface area (Å²) in [6.45, 7) is -0.608. The predicted octanol–water partition coefficient (Wildman–Crippen LogP) is -0.152. The zero-order valence-electron chi connectivity index (χ0n) is 17.1. The van der Waals surface area contributed by atoms with Crippen LogP contribution in [0.25, 0.3) is 21.9 Å². The summed E-state index contributed by atoms with van der Waals surface area (Å²) >= 11 is 0. The van der Waals surface area contributed by atoms with E-state index in [0.717, 1.165) is 0 Å². The second kappa shape index (κ2) is 8.45. The maximum atomic E-state index is 13.1. The zero-order chi connectivity index (χ0) is 23.2. The van der Waals surface area contributed by atoms with E-state index in [1.165, 1.54) is 38.5 Å². The number of fused-ring (bicyclic) bond motifs is 2. The standard InChI is InChI=1S/C21H22O11/c1-28-12-6-10(23)14-15(24)9-5-8(3-4-11(9)31-20(14)19(12)29-2)30-21-18(27)17(26)16(25)13(7-22)32-21/h3-6,13,16-18,21-23,25-27H,7H2,1-2H3/t13-,16-,17+,18-,21-/m1/s1. The molecule has 2 heterocycles. The summed E-state index contributed by atoms with van der Waals surface area (Å²) in [6.07, 6.45) is -7.32. The van der Waals surface area contributed by atoms with Gasteiger partial charge in [0.05, 0.1) is 26.2 Å². The lowest BCUT2D eigenvalue weighted by atomic mass is 9.99. The molecule has 0 unspecified atom stereocenters. The highest BCUT2D eigenvalue weighted by Crippen LogP contribution is 2.41.